The van der Waals surface area contributed by atoms with Crippen LogP contribution < -0.4 is 5.32 Å². The third-order valence-electron chi connectivity index (χ3n) is 3.32. The second-order valence-electron chi connectivity index (χ2n) is 5.58. The van der Waals surface area contributed by atoms with Gasteiger partial charge in [-0.1, -0.05) is 27.2 Å². The van der Waals surface area contributed by atoms with Crippen molar-refractivity contribution in [1.29, 1.82) is 0 Å². The molecule has 0 aliphatic carbocycles. The molecule has 1 fully saturated rings. The summed E-state index contributed by atoms with van der Waals surface area (Å²) >= 11 is 0. The van der Waals surface area contributed by atoms with Crippen molar-refractivity contribution in [3.63, 3.8) is 0 Å². The fourth-order valence-corrected chi connectivity index (χ4v) is 2.32. The number of amides is 1. The highest BCUT2D eigenvalue weighted by molar-refractivity contribution is 5.76. The molecule has 0 aromatic carbocycles. The van der Waals surface area contributed by atoms with Gasteiger partial charge in [-0.2, -0.15) is 0 Å². The maximum Gasteiger partial charge on any atom is 0.222 e. The Morgan fingerprint density at radius 3 is 2.76 bits per heavy atom. The summed E-state index contributed by atoms with van der Waals surface area (Å²) in [5.41, 5.74) is 0. The van der Waals surface area contributed by atoms with E-state index in [0.717, 1.165) is 32.5 Å². The average Bonchev–Trinajstić information content (AvgIpc) is 2.75. The molecule has 1 saturated heterocycles. The van der Waals surface area contributed by atoms with E-state index in [1.54, 1.807) is 0 Å². The molecule has 1 N–H and O–H groups in total. The van der Waals surface area contributed by atoms with E-state index in [2.05, 4.69) is 31.0 Å². The van der Waals surface area contributed by atoms with Crippen LogP contribution in [0.3, 0.4) is 0 Å². The van der Waals surface area contributed by atoms with Crippen LogP contribution >= 0.6 is 0 Å². The monoisotopic (exact) mass is 240 g/mol. The van der Waals surface area contributed by atoms with Gasteiger partial charge in [0.2, 0.25) is 5.91 Å². The van der Waals surface area contributed by atoms with Crippen LogP contribution in [-0.2, 0) is 4.79 Å². The Bertz CT molecular complexity index is 222. The standard InChI is InChI=1S/C14H28N2O/c1-4-5-9-16(14(17)10-12(2)3)11-13-7-6-8-15-13/h12-13,15H,4-11H2,1-3H3. The number of nitrogens with one attached hydrogen (secondary N) is 1. The van der Waals surface area contributed by atoms with Crippen molar-refractivity contribution in [1.82, 2.24) is 10.2 Å². The lowest BCUT2D eigenvalue weighted by Crippen LogP contribution is -2.42. The van der Waals surface area contributed by atoms with Crippen molar-refractivity contribution in [2.45, 2.75) is 58.9 Å². The van der Waals surface area contributed by atoms with Crippen LogP contribution in [0.2, 0.25) is 0 Å². The lowest BCUT2D eigenvalue weighted by molar-refractivity contribution is -0.132. The molecule has 1 rings (SSSR count). The zero-order valence-corrected chi connectivity index (χ0v) is 11.7. The molecule has 1 aliphatic heterocycles. The molecule has 0 aromatic heterocycles. The van der Waals surface area contributed by atoms with Gasteiger partial charge in [0.05, 0.1) is 0 Å². The maximum absolute atomic E-state index is 12.1. The molecule has 3 nitrogen and oxygen atoms in total. The summed E-state index contributed by atoms with van der Waals surface area (Å²) in [4.78, 5) is 14.2. The third kappa shape index (κ3) is 5.53. The van der Waals surface area contributed by atoms with Gasteiger partial charge in [-0.3, -0.25) is 4.79 Å². The SMILES string of the molecule is CCCCN(CC1CCCN1)C(=O)CC(C)C. The van der Waals surface area contributed by atoms with Crippen molar-refractivity contribution in [3.05, 3.63) is 0 Å². The normalized spacial score (nSPS) is 19.9. The smallest absolute Gasteiger partial charge is 0.222 e. The highest BCUT2D eigenvalue weighted by Gasteiger charge is 2.21. The van der Waals surface area contributed by atoms with Crippen LogP contribution in [0.15, 0.2) is 0 Å². The van der Waals surface area contributed by atoms with Gasteiger partial charge in [-0.25, -0.2) is 0 Å². The van der Waals surface area contributed by atoms with E-state index in [1.165, 1.54) is 12.8 Å². The first-order chi connectivity index (χ1) is 8.13. The molecule has 1 amide bonds. The topological polar surface area (TPSA) is 32.3 Å². The quantitative estimate of drug-likeness (QED) is 0.741. The van der Waals surface area contributed by atoms with E-state index in [4.69, 9.17) is 0 Å². The molecular weight excluding hydrogens is 212 g/mol. The zero-order valence-electron chi connectivity index (χ0n) is 11.7. The Morgan fingerprint density at radius 2 is 2.24 bits per heavy atom. The highest BCUT2D eigenvalue weighted by atomic mass is 16.2. The minimum absolute atomic E-state index is 0.335. The lowest BCUT2D eigenvalue weighted by atomic mass is 10.1. The predicted molar refractivity (Wildman–Crippen MR) is 72.0 cm³/mol. The number of carbonyl (C=O) groups is 1. The minimum Gasteiger partial charge on any atom is -0.341 e. The molecular formula is C14H28N2O. The van der Waals surface area contributed by atoms with Crippen LogP contribution in [-0.4, -0.2) is 36.5 Å². The number of nitrogens with zero attached hydrogens (tertiary/aromatic N) is 1. The van der Waals surface area contributed by atoms with Crippen molar-refractivity contribution < 1.29 is 4.79 Å². The van der Waals surface area contributed by atoms with Crippen LogP contribution in [0, 0.1) is 5.92 Å². The van der Waals surface area contributed by atoms with Gasteiger partial charge in [0.25, 0.3) is 0 Å². The van der Waals surface area contributed by atoms with E-state index in [9.17, 15) is 4.79 Å². The molecule has 0 radical (unpaired) electrons. The Balaban J connectivity index is 2.43. The Labute approximate surface area is 106 Å². The van der Waals surface area contributed by atoms with Crippen molar-refractivity contribution in [2.75, 3.05) is 19.6 Å². The van der Waals surface area contributed by atoms with Gasteiger partial charge < -0.3 is 10.2 Å². The van der Waals surface area contributed by atoms with Crippen LogP contribution in [0.4, 0.5) is 0 Å². The molecule has 0 bridgehead atoms. The molecule has 0 saturated carbocycles. The number of unbranched alkanes of at least 4 members (excludes halogenated alkanes) is 1. The molecule has 100 valence electrons. The van der Waals surface area contributed by atoms with Gasteiger partial charge in [-0.05, 0) is 31.7 Å². The minimum atomic E-state index is 0.335. The van der Waals surface area contributed by atoms with Crippen LogP contribution in [0.25, 0.3) is 0 Å². The number of hydrogen-bond donors (Lipinski definition) is 1. The second kappa shape index (κ2) is 7.70. The second-order valence-corrected chi connectivity index (χ2v) is 5.58. The van der Waals surface area contributed by atoms with E-state index in [0.29, 0.717) is 24.3 Å². The fourth-order valence-electron chi connectivity index (χ4n) is 2.32. The van der Waals surface area contributed by atoms with E-state index in [-0.39, 0.29) is 0 Å². The summed E-state index contributed by atoms with van der Waals surface area (Å²) in [6.45, 7) is 9.36. The summed E-state index contributed by atoms with van der Waals surface area (Å²) in [5, 5.41) is 3.48. The summed E-state index contributed by atoms with van der Waals surface area (Å²) in [6.07, 6.45) is 5.44. The largest absolute Gasteiger partial charge is 0.341 e. The summed E-state index contributed by atoms with van der Waals surface area (Å²) in [5.74, 6) is 0.797. The zero-order chi connectivity index (χ0) is 12.7. The van der Waals surface area contributed by atoms with Crippen LogP contribution in [0.5, 0.6) is 0 Å². The first-order valence-corrected chi connectivity index (χ1v) is 7.14. The molecule has 1 aliphatic rings. The number of carbonyl (C=O) groups excluding carboxylic acids is 1. The Morgan fingerprint density at radius 1 is 1.47 bits per heavy atom. The van der Waals surface area contributed by atoms with Gasteiger partial charge in [0, 0.05) is 25.6 Å². The fraction of sp³-hybridized carbons (Fsp3) is 0.929. The summed E-state index contributed by atoms with van der Waals surface area (Å²) in [7, 11) is 0. The molecule has 17 heavy (non-hydrogen) atoms. The summed E-state index contributed by atoms with van der Waals surface area (Å²) < 4.78 is 0. The average molecular weight is 240 g/mol. The molecule has 1 heterocycles. The Hall–Kier alpha value is -0.570. The van der Waals surface area contributed by atoms with E-state index in [1.807, 2.05) is 0 Å². The Kier molecular flexibility index (Phi) is 6.56. The van der Waals surface area contributed by atoms with E-state index < -0.39 is 0 Å². The highest BCUT2D eigenvalue weighted by Crippen LogP contribution is 2.11. The number of rotatable bonds is 7. The molecule has 1 atom stereocenters. The van der Waals surface area contributed by atoms with E-state index >= 15 is 0 Å². The van der Waals surface area contributed by atoms with Gasteiger partial charge in [-0.15, -0.1) is 0 Å². The lowest BCUT2D eigenvalue weighted by Gasteiger charge is -2.26. The number of hydrogen-bond acceptors (Lipinski definition) is 2. The summed E-state index contributed by atoms with van der Waals surface area (Å²) in [6, 6.07) is 0.531. The van der Waals surface area contributed by atoms with Crippen molar-refractivity contribution in [2.24, 2.45) is 5.92 Å². The predicted octanol–water partition coefficient (Wildman–Crippen LogP) is 2.41. The first kappa shape index (κ1) is 14.5. The van der Waals surface area contributed by atoms with Crippen molar-refractivity contribution in [3.8, 4) is 0 Å². The van der Waals surface area contributed by atoms with Gasteiger partial charge in [0.15, 0.2) is 0 Å². The van der Waals surface area contributed by atoms with Gasteiger partial charge >= 0.3 is 0 Å². The third-order valence-corrected chi connectivity index (χ3v) is 3.32. The maximum atomic E-state index is 12.1. The molecule has 1 unspecified atom stereocenters. The molecule has 0 spiro atoms. The molecule has 3 heteroatoms. The van der Waals surface area contributed by atoms with Crippen molar-refractivity contribution >= 4 is 5.91 Å². The van der Waals surface area contributed by atoms with Gasteiger partial charge in [0.1, 0.15) is 0 Å². The van der Waals surface area contributed by atoms with Crippen LogP contribution in [0.1, 0.15) is 52.9 Å². The molecule has 0 aromatic rings. The first-order valence-electron chi connectivity index (χ1n) is 7.14.